The smallest absolute Gasteiger partial charge is 0.399 e. The Kier molecular flexibility index (Phi) is 3.62. The van der Waals surface area contributed by atoms with Crippen molar-refractivity contribution in [3.63, 3.8) is 0 Å². The third-order valence-electron chi connectivity index (χ3n) is 3.79. The molecule has 0 amide bonds. The highest BCUT2D eigenvalue weighted by Crippen LogP contribution is 2.36. The molecule has 1 aromatic carbocycles. The van der Waals surface area contributed by atoms with Gasteiger partial charge in [-0.05, 0) is 45.3 Å². The van der Waals surface area contributed by atoms with Gasteiger partial charge in [-0.2, -0.15) is 0 Å². The van der Waals surface area contributed by atoms with E-state index in [-0.39, 0.29) is 4.90 Å². The molecule has 19 heavy (non-hydrogen) atoms. The fraction of sp³-hybridized carbons (Fsp3) is 0.538. The average Bonchev–Trinajstić information content (AvgIpc) is 2.48. The summed E-state index contributed by atoms with van der Waals surface area (Å²) in [5.74, 6) is -0.471. The molecule has 1 aromatic rings. The molecule has 0 bridgehead atoms. The van der Waals surface area contributed by atoms with Crippen molar-refractivity contribution >= 4 is 23.4 Å². The summed E-state index contributed by atoms with van der Waals surface area (Å²) >= 11 is 0. The minimum atomic E-state index is -1.38. The summed E-state index contributed by atoms with van der Waals surface area (Å²) in [6, 6.07) is 4.46. The Morgan fingerprint density at radius 2 is 1.68 bits per heavy atom. The molecule has 0 aliphatic carbocycles. The molecule has 1 aliphatic rings. The van der Waals surface area contributed by atoms with Crippen LogP contribution in [0.15, 0.2) is 23.1 Å². The van der Waals surface area contributed by atoms with E-state index in [0.29, 0.717) is 5.46 Å². The molecule has 2 rings (SSSR count). The second kappa shape index (κ2) is 4.68. The molecule has 3 nitrogen and oxygen atoms in total. The quantitative estimate of drug-likeness (QED) is 0.778. The van der Waals surface area contributed by atoms with Gasteiger partial charge >= 0.3 is 7.12 Å². The maximum absolute atomic E-state index is 13.5. The lowest BCUT2D eigenvalue weighted by Crippen LogP contribution is -2.41. The summed E-state index contributed by atoms with van der Waals surface area (Å²) in [5, 5.41) is 0. The lowest BCUT2D eigenvalue weighted by atomic mass is 9.79. The molecule has 1 unspecified atom stereocenters. The van der Waals surface area contributed by atoms with E-state index in [1.165, 1.54) is 12.3 Å². The van der Waals surface area contributed by atoms with Gasteiger partial charge in [0.05, 0.1) is 26.9 Å². The van der Waals surface area contributed by atoms with Gasteiger partial charge in [-0.3, -0.25) is 4.21 Å². The first-order valence-corrected chi connectivity index (χ1v) is 7.68. The van der Waals surface area contributed by atoms with E-state index in [0.717, 1.165) is 0 Å². The fourth-order valence-corrected chi connectivity index (χ4v) is 2.51. The first-order valence-electron chi connectivity index (χ1n) is 6.12. The van der Waals surface area contributed by atoms with E-state index >= 15 is 0 Å². The van der Waals surface area contributed by atoms with Gasteiger partial charge < -0.3 is 9.31 Å². The van der Waals surface area contributed by atoms with Gasteiger partial charge in [0.15, 0.2) is 0 Å². The third kappa shape index (κ3) is 2.62. The first-order chi connectivity index (χ1) is 8.64. The molecule has 0 radical (unpaired) electrons. The van der Waals surface area contributed by atoms with E-state index < -0.39 is 34.9 Å². The predicted octanol–water partition coefficient (Wildman–Crippen LogP) is 1.86. The third-order valence-corrected chi connectivity index (χ3v) is 4.72. The SMILES string of the molecule is CS(=O)c1cc(B2OC(C)(C)C(C)(C)O2)ccc1F. The number of hydrogen-bond acceptors (Lipinski definition) is 3. The summed E-state index contributed by atoms with van der Waals surface area (Å²) in [6.07, 6.45) is 1.45. The molecule has 0 N–H and O–H groups in total. The van der Waals surface area contributed by atoms with Crippen molar-refractivity contribution in [2.24, 2.45) is 0 Å². The molecule has 1 aliphatic heterocycles. The van der Waals surface area contributed by atoms with Crippen LogP contribution in [0, 0.1) is 5.82 Å². The van der Waals surface area contributed by atoms with Gasteiger partial charge in [0.2, 0.25) is 0 Å². The zero-order chi connectivity index (χ0) is 14.4. The van der Waals surface area contributed by atoms with Crippen molar-refractivity contribution in [1.29, 1.82) is 0 Å². The van der Waals surface area contributed by atoms with Gasteiger partial charge in [0, 0.05) is 6.26 Å². The molecule has 1 fully saturated rings. The Morgan fingerprint density at radius 1 is 1.16 bits per heavy atom. The minimum absolute atomic E-state index is 0.173. The lowest BCUT2D eigenvalue weighted by molar-refractivity contribution is 0.00578. The van der Waals surface area contributed by atoms with E-state index in [1.807, 2.05) is 27.7 Å². The highest BCUT2D eigenvalue weighted by Gasteiger charge is 2.51. The molecular formula is C13H18BFO3S. The highest BCUT2D eigenvalue weighted by atomic mass is 32.2. The van der Waals surface area contributed by atoms with Crippen LogP contribution in [-0.4, -0.2) is 28.8 Å². The molecule has 0 spiro atoms. The summed E-state index contributed by atoms with van der Waals surface area (Å²) in [6.45, 7) is 7.82. The normalized spacial score (nSPS) is 22.5. The zero-order valence-electron chi connectivity index (χ0n) is 11.8. The summed E-state index contributed by atoms with van der Waals surface area (Å²) in [5.41, 5.74) is -0.208. The number of rotatable bonds is 2. The van der Waals surface area contributed by atoms with Crippen LogP contribution in [0.5, 0.6) is 0 Å². The van der Waals surface area contributed by atoms with Crippen LogP contribution in [-0.2, 0) is 20.1 Å². The standard InChI is InChI=1S/C13H18BFO3S/c1-12(2)13(3,4)18-14(17-12)9-6-7-10(15)11(8-9)19(5)16/h6-8H,1-5H3. The maximum Gasteiger partial charge on any atom is 0.494 e. The van der Waals surface area contributed by atoms with Gasteiger partial charge in [-0.15, -0.1) is 0 Å². The van der Waals surface area contributed by atoms with Gasteiger partial charge in [-0.25, -0.2) is 4.39 Å². The highest BCUT2D eigenvalue weighted by molar-refractivity contribution is 7.84. The van der Waals surface area contributed by atoms with Crippen molar-refractivity contribution in [3.05, 3.63) is 24.0 Å². The van der Waals surface area contributed by atoms with Crippen LogP contribution in [0.25, 0.3) is 0 Å². The first kappa shape index (κ1) is 14.7. The fourth-order valence-electron chi connectivity index (χ4n) is 1.87. The zero-order valence-corrected chi connectivity index (χ0v) is 12.6. The van der Waals surface area contributed by atoms with E-state index in [9.17, 15) is 8.60 Å². The molecule has 1 heterocycles. The van der Waals surface area contributed by atoms with Crippen molar-refractivity contribution in [1.82, 2.24) is 0 Å². The molecule has 1 atom stereocenters. The van der Waals surface area contributed by atoms with Gasteiger partial charge in [0.25, 0.3) is 0 Å². The van der Waals surface area contributed by atoms with Crippen LogP contribution < -0.4 is 5.46 Å². The molecular weight excluding hydrogens is 266 g/mol. The summed E-state index contributed by atoms with van der Waals surface area (Å²) in [4.78, 5) is 0.173. The average molecular weight is 284 g/mol. The van der Waals surface area contributed by atoms with E-state index in [4.69, 9.17) is 9.31 Å². The van der Waals surface area contributed by atoms with E-state index in [1.54, 1.807) is 12.1 Å². The maximum atomic E-state index is 13.5. The largest absolute Gasteiger partial charge is 0.494 e. The van der Waals surface area contributed by atoms with Crippen LogP contribution >= 0.6 is 0 Å². The summed E-state index contributed by atoms with van der Waals surface area (Å²) in [7, 11) is -1.94. The van der Waals surface area contributed by atoms with Crippen LogP contribution in [0.1, 0.15) is 27.7 Å². The topological polar surface area (TPSA) is 35.5 Å². The molecule has 0 saturated carbocycles. The second-order valence-corrected chi connectivity index (χ2v) is 7.08. The Balaban J connectivity index is 2.35. The van der Waals surface area contributed by atoms with Gasteiger partial charge in [-0.1, -0.05) is 6.07 Å². The van der Waals surface area contributed by atoms with Crippen molar-refractivity contribution in [2.45, 2.75) is 43.8 Å². The van der Waals surface area contributed by atoms with Crippen molar-refractivity contribution < 1.29 is 17.9 Å². The van der Waals surface area contributed by atoms with Crippen LogP contribution in [0.3, 0.4) is 0 Å². The molecule has 104 valence electrons. The van der Waals surface area contributed by atoms with Crippen molar-refractivity contribution in [2.75, 3.05) is 6.26 Å². The monoisotopic (exact) mass is 284 g/mol. The molecule has 6 heteroatoms. The van der Waals surface area contributed by atoms with E-state index in [2.05, 4.69) is 0 Å². The Morgan fingerprint density at radius 3 is 2.16 bits per heavy atom. The number of benzene rings is 1. The lowest BCUT2D eigenvalue weighted by Gasteiger charge is -2.32. The minimum Gasteiger partial charge on any atom is -0.399 e. The Hall–Kier alpha value is -0.715. The van der Waals surface area contributed by atoms with Crippen molar-refractivity contribution in [3.8, 4) is 0 Å². The number of halogens is 1. The predicted molar refractivity (Wildman–Crippen MR) is 74.4 cm³/mol. The Bertz CT molecular complexity index is 515. The van der Waals surface area contributed by atoms with Crippen LogP contribution in [0.4, 0.5) is 4.39 Å². The van der Waals surface area contributed by atoms with Gasteiger partial charge in [0.1, 0.15) is 5.82 Å². The summed E-state index contributed by atoms with van der Waals surface area (Å²) < 4.78 is 36.8. The Labute approximate surface area is 116 Å². The van der Waals surface area contributed by atoms with Crippen LogP contribution in [0.2, 0.25) is 0 Å². The molecule has 1 saturated heterocycles. The number of hydrogen-bond donors (Lipinski definition) is 0. The molecule has 0 aromatic heterocycles. The second-order valence-electron chi connectivity index (χ2n) is 5.73.